The predicted octanol–water partition coefficient (Wildman–Crippen LogP) is 3.94. The summed E-state index contributed by atoms with van der Waals surface area (Å²) in [5.41, 5.74) is 1.66. The number of thioether (sulfide) groups is 1. The quantitative estimate of drug-likeness (QED) is 0.608. The van der Waals surface area contributed by atoms with Crippen LogP contribution in [-0.4, -0.2) is 47.5 Å². The van der Waals surface area contributed by atoms with Crippen molar-refractivity contribution in [1.82, 2.24) is 4.90 Å². The fourth-order valence-corrected chi connectivity index (χ4v) is 4.46. The van der Waals surface area contributed by atoms with E-state index >= 15 is 0 Å². The molecule has 7 nitrogen and oxygen atoms in total. The zero-order valence-corrected chi connectivity index (χ0v) is 19.0. The molecule has 0 aliphatic carbocycles. The second-order valence-corrected chi connectivity index (χ2v) is 8.91. The van der Waals surface area contributed by atoms with Gasteiger partial charge in [0.2, 0.25) is 5.91 Å². The van der Waals surface area contributed by atoms with E-state index in [2.05, 4.69) is 4.99 Å². The Balaban J connectivity index is 2.10. The highest BCUT2D eigenvalue weighted by Gasteiger charge is 2.46. The molecule has 8 heteroatoms. The molecule has 2 unspecified atom stereocenters. The molecule has 1 fully saturated rings. The van der Waals surface area contributed by atoms with Crippen molar-refractivity contribution in [2.24, 2.45) is 10.9 Å². The van der Waals surface area contributed by atoms with Crippen LogP contribution in [0.2, 0.25) is 0 Å². The first-order valence-corrected chi connectivity index (χ1v) is 10.9. The van der Waals surface area contributed by atoms with Crippen molar-refractivity contribution in [3.8, 4) is 11.5 Å². The largest absolute Gasteiger partial charge is 0.493 e. The number of ether oxygens (including phenoxy) is 3. The monoisotopic (exact) mass is 432 g/mol. The number of hydrogen-bond acceptors (Lipinski definition) is 7. The van der Waals surface area contributed by atoms with Gasteiger partial charge in [-0.15, -0.1) is 0 Å². The van der Waals surface area contributed by atoms with Crippen LogP contribution < -0.4 is 9.47 Å². The average molecular weight is 433 g/mol. The second-order valence-electron chi connectivity index (χ2n) is 7.60. The van der Waals surface area contributed by atoms with Crippen LogP contribution in [0.4, 0.5) is 0 Å². The third-order valence-corrected chi connectivity index (χ3v) is 5.88. The highest BCUT2D eigenvalue weighted by Crippen LogP contribution is 2.44. The van der Waals surface area contributed by atoms with Gasteiger partial charge in [-0.2, -0.15) is 0 Å². The van der Waals surface area contributed by atoms with E-state index < -0.39 is 12.0 Å². The number of methoxy groups -OCH3 is 1. The summed E-state index contributed by atoms with van der Waals surface area (Å²) in [5, 5.41) is 0.331. The van der Waals surface area contributed by atoms with E-state index in [0.29, 0.717) is 41.2 Å². The molecular weight excluding hydrogens is 404 g/mol. The van der Waals surface area contributed by atoms with Crippen molar-refractivity contribution in [2.75, 3.05) is 20.3 Å². The van der Waals surface area contributed by atoms with Crippen LogP contribution in [0.25, 0.3) is 0 Å². The van der Waals surface area contributed by atoms with Gasteiger partial charge in [0.05, 0.1) is 42.9 Å². The van der Waals surface area contributed by atoms with Crippen molar-refractivity contribution >= 4 is 28.8 Å². The summed E-state index contributed by atoms with van der Waals surface area (Å²) in [6.45, 7) is 10.3. The van der Waals surface area contributed by atoms with E-state index in [1.165, 1.54) is 11.8 Å². The lowest BCUT2D eigenvalue weighted by Crippen LogP contribution is -2.40. The maximum absolute atomic E-state index is 13.0. The number of amidine groups is 1. The Morgan fingerprint density at radius 2 is 2.03 bits per heavy atom. The molecule has 0 bridgehead atoms. The highest BCUT2D eigenvalue weighted by atomic mass is 32.2. The fourth-order valence-electron chi connectivity index (χ4n) is 3.43. The molecule has 0 saturated carbocycles. The number of carbonyl (C=O) groups excluding carboxylic acids is 2. The summed E-state index contributed by atoms with van der Waals surface area (Å²) in [7, 11) is 1.56. The van der Waals surface area contributed by atoms with E-state index in [-0.39, 0.29) is 17.1 Å². The van der Waals surface area contributed by atoms with E-state index in [0.717, 1.165) is 5.56 Å². The Morgan fingerprint density at radius 1 is 1.30 bits per heavy atom. The molecule has 0 N–H and O–H groups in total. The van der Waals surface area contributed by atoms with Gasteiger partial charge in [-0.1, -0.05) is 31.7 Å². The standard InChI is InChI=1S/C22H28N2O5S/c1-7-28-16-9-8-15(10-17(16)27-6)19-18(21(26)29-11-12(2)3)13(4)23-22-24(19)20(25)14(5)30-22/h8-10,12,14,19H,7,11H2,1-6H3. The van der Waals surface area contributed by atoms with Gasteiger partial charge >= 0.3 is 5.97 Å². The molecule has 0 spiro atoms. The van der Waals surface area contributed by atoms with Gasteiger partial charge < -0.3 is 14.2 Å². The fraction of sp³-hybridized carbons (Fsp3) is 0.500. The highest BCUT2D eigenvalue weighted by molar-refractivity contribution is 8.15. The molecule has 2 heterocycles. The predicted molar refractivity (Wildman–Crippen MR) is 117 cm³/mol. The summed E-state index contributed by atoms with van der Waals surface area (Å²) >= 11 is 1.40. The molecule has 162 valence electrons. The minimum atomic E-state index is -0.633. The van der Waals surface area contributed by atoms with Crippen molar-refractivity contribution in [3.05, 3.63) is 35.0 Å². The number of rotatable bonds is 7. The minimum absolute atomic E-state index is 0.0849. The van der Waals surface area contributed by atoms with Crippen LogP contribution in [0, 0.1) is 5.92 Å². The number of aliphatic imine (C=N–C) groups is 1. The average Bonchev–Trinajstić information content (AvgIpc) is 2.99. The van der Waals surface area contributed by atoms with Crippen molar-refractivity contribution < 1.29 is 23.8 Å². The Morgan fingerprint density at radius 3 is 2.67 bits per heavy atom. The summed E-state index contributed by atoms with van der Waals surface area (Å²) in [4.78, 5) is 32.2. The van der Waals surface area contributed by atoms with Gasteiger partial charge in [-0.05, 0) is 44.4 Å². The number of hydrogen-bond donors (Lipinski definition) is 0. The number of allylic oxidation sites excluding steroid dienone is 1. The van der Waals surface area contributed by atoms with Crippen LogP contribution in [0.1, 0.15) is 46.2 Å². The zero-order chi connectivity index (χ0) is 22.0. The Hall–Kier alpha value is -2.48. The molecule has 2 aliphatic rings. The van der Waals surface area contributed by atoms with E-state index in [4.69, 9.17) is 14.2 Å². The molecule has 1 saturated heterocycles. The van der Waals surface area contributed by atoms with E-state index in [9.17, 15) is 9.59 Å². The molecule has 30 heavy (non-hydrogen) atoms. The maximum Gasteiger partial charge on any atom is 0.338 e. The molecule has 2 atom stereocenters. The Bertz CT molecular complexity index is 909. The topological polar surface area (TPSA) is 77.4 Å². The van der Waals surface area contributed by atoms with Crippen LogP contribution in [0.5, 0.6) is 11.5 Å². The van der Waals surface area contributed by atoms with Crippen LogP contribution in [0.3, 0.4) is 0 Å². The lowest BCUT2D eigenvalue weighted by molar-refractivity contribution is -0.141. The molecule has 3 rings (SSSR count). The molecule has 2 aliphatic heterocycles. The van der Waals surface area contributed by atoms with Gasteiger partial charge in [-0.3, -0.25) is 9.69 Å². The minimum Gasteiger partial charge on any atom is -0.493 e. The molecule has 1 aromatic carbocycles. The second kappa shape index (κ2) is 9.12. The summed E-state index contributed by atoms with van der Waals surface area (Å²) in [6, 6.07) is 4.83. The van der Waals surface area contributed by atoms with Crippen molar-refractivity contribution in [1.29, 1.82) is 0 Å². The molecule has 1 amide bonds. The lowest BCUT2D eigenvalue weighted by Gasteiger charge is -2.33. The van der Waals surface area contributed by atoms with Gasteiger partial charge in [0.25, 0.3) is 0 Å². The molecule has 0 radical (unpaired) electrons. The Labute approximate surface area is 181 Å². The van der Waals surface area contributed by atoms with Gasteiger partial charge in [0.15, 0.2) is 16.7 Å². The van der Waals surface area contributed by atoms with Crippen LogP contribution in [-0.2, 0) is 14.3 Å². The normalized spacial score (nSPS) is 21.0. The molecule has 0 aromatic heterocycles. The summed E-state index contributed by atoms with van der Waals surface area (Å²) in [6.07, 6.45) is 0. The van der Waals surface area contributed by atoms with Gasteiger partial charge in [0, 0.05) is 0 Å². The van der Waals surface area contributed by atoms with E-state index in [1.54, 1.807) is 25.0 Å². The summed E-state index contributed by atoms with van der Waals surface area (Å²) < 4.78 is 16.6. The number of carbonyl (C=O) groups is 2. The number of fused-ring (bicyclic) bond motifs is 1. The summed E-state index contributed by atoms with van der Waals surface area (Å²) in [5.74, 6) is 0.801. The van der Waals surface area contributed by atoms with Crippen LogP contribution in [0.15, 0.2) is 34.5 Å². The van der Waals surface area contributed by atoms with Crippen molar-refractivity contribution in [2.45, 2.75) is 45.9 Å². The number of nitrogens with zero attached hydrogens (tertiary/aromatic N) is 2. The smallest absolute Gasteiger partial charge is 0.338 e. The van der Waals surface area contributed by atoms with Gasteiger partial charge in [-0.25, -0.2) is 9.79 Å². The molecule has 1 aromatic rings. The number of esters is 1. The maximum atomic E-state index is 13.0. The first kappa shape index (κ1) is 22.2. The third-order valence-electron chi connectivity index (χ3n) is 4.83. The zero-order valence-electron chi connectivity index (χ0n) is 18.2. The lowest BCUT2D eigenvalue weighted by atomic mass is 9.94. The number of amides is 1. The first-order valence-electron chi connectivity index (χ1n) is 10.1. The third kappa shape index (κ3) is 4.19. The molecular formula is C22H28N2O5S. The van der Waals surface area contributed by atoms with E-state index in [1.807, 2.05) is 39.8 Å². The van der Waals surface area contributed by atoms with Crippen molar-refractivity contribution in [3.63, 3.8) is 0 Å². The number of benzene rings is 1. The van der Waals surface area contributed by atoms with Crippen LogP contribution >= 0.6 is 11.8 Å². The SMILES string of the molecule is CCOc1ccc(C2C(C(=O)OCC(C)C)=C(C)N=C3SC(C)C(=O)N32)cc1OC. The first-order chi connectivity index (χ1) is 14.3. The van der Waals surface area contributed by atoms with Gasteiger partial charge in [0.1, 0.15) is 0 Å². The Kier molecular flexibility index (Phi) is 6.75.